The maximum atomic E-state index is 12.6. The minimum atomic E-state index is -4.27. The molecule has 1 atom stereocenters. The quantitative estimate of drug-likeness (QED) is 0.862. The molecule has 0 spiro atoms. The molecular weight excluding hydrogens is 271 g/mol. The summed E-state index contributed by atoms with van der Waals surface area (Å²) < 4.78 is 42.9. The van der Waals surface area contributed by atoms with Crippen LogP contribution in [0.2, 0.25) is 0 Å². The summed E-state index contributed by atoms with van der Waals surface area (Å²) in [6.45, 7) is 1.11. The minimum absolute atomic E-state index is 0.118. The van der Waals surface area contributed by atoms with Crippen LogP contribution < -0.4 is 0 Å². The predicted octanol–water partition coefficient (Wildman–Crippen LogP) is 3.67. The Hall–Kier alpha value is -1.92. The van der Waals surface area contributed by atoms with Crippen LogP contribution in [0.1, 0.15) is 43.1 Å². The van der Waals surface area contributed by atoms with Gasteiger partial charge in [0.05, 0.1) is 5.92 Å². The fourth-order valence-corrected chi connectivity index (χ4v) is 1.82. The lowest BCUT2D eigenvalue weighted by atomic mass is 10.0. The number of halogens is 3. The third kappa shape index (κ3) is 2.52. The number of aromatic nitrogens is 3. The standard InChI is InChI=1S/C13H12F3N3O/c1-7(13(14,15)16)9-4-5-10(17-6-9)11-18-12(20-19-11)8-2-3-8/h4-8H,2-3H2,1H3/t7-/m1/s1. The highest BCUT2D eigenvalue weighted by Crippen LogP contribution is 2.39. The smallest absolute Gasteiger partial charge is 0.339 e. The van der Waals surface area contributed by atoms with E-state index in [1.807, 2.05) is 0 Å². The molecule has 2 heterocycles. The summed E-state index contributed by atoms with van der Waals surface area (Å²) in [6, 6.07) is 2.88. The first-order valence-corrected chi connectivity index (χ1v) is 6.32. The lowest BCUT2D eigenvalue weighted by molar-refractivity contribution is -0.146. The van der Waals surface area contributed by atoms with Gasteiger partial charge in [0.1, 0.15) is 5.69 Å². The lowest BCUT2D eigenvalue weighted by Gasteiger charge is -2.15. The van der Waals surface area contributed by atoms with Crippen molar-refractivity contribution in [2.75, 3.05) is 0 Å². The van der Waals surface area contributed by atoms with E-state index in [2.05, 4.69) is 15.1 Å². The average molecular weight is 283 g/mol. The van der Waals surface area contributed by atoms with Crippen molar-refractivity contribution < 1.29 is 17.7 Å². The van der Waals surface area contributed by atoms with Gasteiger partial charge in [-0.25, -0.2) is 0 Å². The Balaban J connectivity index is 1.81. The van der Waals surface area contributed by atoms with Crippen LogP contribution in [0, 0.1) is 0 Å². The van der Waals surface area contributed by atoms with Gasteiger partial charge in [-0.3, -0.25) is 4.98 Å². The van der Waals surface area contributed by atoms with Crippen LogP contribution in [0.5, 0.6) is 0 Å². The molecule has 1 saturated carbocycles. The fraction of sp³-hybridized carbons (Fsp3) is 0.462. The molecule has 1 aliphatic rings. The number of hydrogen-bond donors (Lipinski definition) is 0. The van der Waals surface area contributed by atoms with Crippen LogP contribution >= 0.6 is 0 Å². The van der Waals surface area contributed by atoms with Gasteiger partial charge < -0.3 is 4.52 Å². The second kappa shape index (κ2) is 4.57. The zero-order valence-electron chi connectivity index (χ0n) is 10.7. The summed E-state index contributed by atoms with van der Waals surface area (Å²) in [7, 11) is 0. The monoisotopic (exact) mass is 283 g/mol. The van der Waals surface area contributed by atoms with Gasteiger partial charge in [-0.05, 0) is 31.4 Å². The number of rotatable bonds is 3. The Kier molecular flexibility index (Phi) is 2.99. The Morgan fingerprint density at radius 1 is 1.30 bits per heavy atom. The van der Waals surface area contributed by atoms with Crippen molar-refractivity contribution in [3.63, 3.8) is 0 Å². The average Bonchev–Trinajstić information content (AvgIpc) is 3.15. The SMILES string of the molecule is C[C@H](c1ccc(-c2noc(C3CC3)n2)nc1)C(F)(F)F. The van der Waals surface area contributed by atoms with E-state index in [-0.39, 0.29) is 5.56 Å². The Morgan fingerprint density at radius 3 is 2.60 bits per heavy atom. The van der Waals surface area contributed by atoms with E-state index in [0.717, 1.165) is 19.8 Å². The van der Waals surface area contributed by atoms with Crippen LogP contribution in [0.25, 0.3) is 11.5 Å². The molecule has 0 unspecified atom stereocenters. The highest BCUT2D eigenvalue weighted by Gasteiger charge is 2.37. The van der Waals surface area contributed by atoms with E-state index >= 15 is 0 Å². The lowest BCUT2D eigenvalue weighted by Crippen LogP contribution is -2.17. The zero-order chi connectivity index (χ0) is 14.3. The summed E-state index contributed by atoms with van der Waals surface area (Å²) in [5.41, 5.74) is 0.533. The first kappa shape index (κ1) is 13.1. The summed E-state index contributed by atoms with van der Waals surface area (Å²) in [6.07, 6.45) is -0.983. The number of alkyl halides is 3. The first-order chi connectivity index (χ1) is 9.45. The van der Waals surface area contributed by atoms with E-state index in [9.17, 15) is 13.2 Å². The van der Waals surface area contributed by atoms with Gasteiger partial charge in [-0.2, -0.15) is 18.2 Å². The molecule has 2 aromatic rings. The molecule has 4 nitrogen and oxygen atoms in total. The van der Waals surface area contributed by atoms with Crippen molar-refractivity contribution in [1.29, 1.82) is 0 Å². The van der Waals surface area contributed by atoms with E-state index in [0.29, 0.717) is 23.3 Å². The third-order valence-corrected chi connectivity index (χ3v) is 3.37. The molecule has 2 aromatic heterocycles. The number of pyridine rings is 1. The van der Waals surface area contributed by atoms with Crippen molar-refractivity contribution in [2.24, 2.45) is 0 Å². The Labute approximate surface area is 113 Å². The van der Waals surface area contributed by atoms with Crippen LogP contribution in [0.4, 0.5) is 13.2 Å². The van der Waals surface area contributed by atoms with E-state index in [4.69, 9.17) is 4.52 Å². The largest absolute Gasteiger partial charge is 0.395 e. The van der Waals surface area contributed by atoms with Crippen LogP contribution in [0.15, 0.2) is 22.9 Å². The molecule has 0 aromatic carbocycles. The zero-order valence-corrected chi connectivity index (χ0v) is 10.7. The molecule has 0 bridgehead atoms. The Morgan fingerprint density at radius 2 is 2.05 bits per heavy atom. The molecule has 20 heavy (non-hydrogen) atoms. The molecule has 0 radical (unpaired) electrons. The summed E-state index contributed by atoms with van der Waals surface area (Å²) >= 11 is 0. The molecule has 106 valence electrons. The van der Waals surface area contributed by atoms with Gasteiger partial charge in [0.25, 0.3) is 0 Å². The van der Waals surface area contributed by atoms with Crippen molar-refractivity contribution in [3.05, 3.63) is 29.8 Å². The fourth-order valence-electron chi connectivity index (χ4n) is 1.82. The van der Waals surface area contributed by atoms with Gasteiger partial charge in [-0.1, -0.05) is 11.2 Å². The highest BCUT2D eigenvalue weighted by atomic mass is 19.4. The van der Waals surface area contributed by atoms with E-state index < -0.39 is 12.1 Å². The second-order valence-corrected chi connectivity index (χ2v) is 4.97. The van der Waals surface area contributed by atoms with Crippen LogP contribution in [0.3, 0.4) is 0 Å². The molecule has 0 aliphatic heterocycles. The third-order valence-electron chi connectivity index (χ3n) is 3.37. The summed E-state index contributed by atoms with van der Waals surface area (Å²) in [5, 5.41) is 3.80. The minimum Gasteiger partial charge on any atom is -0.339 e. The van der Waals surface area contributed by atoms with Gasteiger partial charge >= 0.3 is 6.18 Å². The topological polar surface area (TPSA) is 51.8 Å². The van der Waals surface area contributed by atoms with Gasteiger partial charge in [0.2, 0.25) is 11.7 Å². The molecule has 1 fully saturated rings. The van der Waals surface area contributed by atoms with Crippen molar-refractivity contribution in [1.82, 2.24) is 15.1 Å². The predicted molar refractivity (Wildman–Crippen MR) is 64.0 cm³/mol. The van der Waals surface area contributed by atoms with Crippen molar-refractivity contribution in [2.45, 2.75) is 37.8 Å². The second-order valence-electron chi connectivity index (χ2n) is 4.97. The molecule has 1 aliphatic carbocycles. The normalized spacial score (nSPS) is 17.2. The Bertz CT molecular complexity index is 602. The molecule has 3 rings (SSSR count). The van der Waals surface area contributed by atoms with Gasteiger partial charge in [0, 0.05) is 12.1 Å². The van der Waals surface area contributed by atoms with Crippen LogP contribution in [-0.2, 0) is 0 Å². The molecule has 0 saturated heterocycles. The van der Waals surface area contributed by atoms with Gasteiger partial charge in [0.15, 0.2) is 0 Å². The van der Waals surface area contributed by atoms with Gasteiger partial charge in [-0.15, -0.1) is 0 Å². The van der Waals surface area contributed by atoms with Crippen molar-refractivity contribution in [3.8, 4) is 11.5 Å². The maximum absolute atomic E-state index is 12.6. The van der Waals surface area contributed by atoms with E-state index in [1.54, 1.807) is 0 Å². The maximum Gasteiger partial charge on any atom is 0.395 e. The van der Waals surface area contributed by atoms with Crippen molar-refractivity contribution >= 4 is 0 Å². The molecular formula is C13H12F3N3O. The van der Waals surface area contributed by atoms with Crippen LogP contribution in [-0.4, -0.2) is 21.3 Å². The molecule has 0 amide bonds. The number of nitrogens with zero attached hydrogens (tertiary/aromatic N) is 3. The van der Waals surface area contributed by atoms with E-state index in [1.165, 1.54) is 18.3 Å². The summed E-state index contributed by atoms with van der Waals surface area (Å²) in [5.74, 6) is -0.315. The molecule has 7 heteroatoms. The number of hydrogen-bond acceptors (Lipinski definition) is 4. The summed E-state index contributed by atoms with van der Waals surface area (Å²) in [4.78, 5) is 8.19. The highest BCUT2D eigenvalue weighted by molar-refractivity contribution is 5.48. The molecule has 0 N–H and O–H groups in total. The first-order valence-electron chi connectivity index (χ1n) is 6.32.